The smallest absolute Gasteiger partial charge is 0.277 e. The lowest BCUT2D eigenvalue weighted by Gasteiger charge is -1.98. The van der Waals surface area contributed by atoms with E-state index >= 15 is 0 Å². The molecule has 2 heterocycles. The Kier molecular flexibility index (Phi) is 3.85. The van der Waals surface area contributed by atoms with Crippen molar-refractivity contribution in [2.75, 3.05) is 7.11 Å². The first-order valence-corrected chi connectivity index (χ1v) is 6.49. The molecule has 0 aliphatic carbocycles. The highest BCUT2D eigenvalue weighted by Crippen LogP contribution is 2.31. The maximum absolute atomic E-state index is 11.6. The summed E-state index contributed by atoms with van der Waals surface area (Å²) < 4.78 is 5.02. The third-order valence-corrected chi connectivity index (χ3v) is 4.18. The highest BCUT2D eigenvalue weighted by Gasteiger charge is 2.18. The Morgan fingerprint density at radius 2 is 2.47 bits per heavy atom. The standard InChI is InChI=1S/C10H11N3O2S2/c1-15-5-6-8(9(14)13-11)17-10(12-6)7-3-2-4-16-7/h2-4H,5,11H2,1H3,(H,13,14). The van der Waals surface area contributed by atoms with Gasteiger partial charge in [-0.2, -0.15) is 0 Å². The van der Waals surface area contributed by atoms with Crippen molar-refractivity contribution in [3.05, 3.63) is 28.1 Å². The molecule has 0 unspecified atom stereocenters. The molecular formula is C10H11N3O2S2. The van der Waals surface area contributed by atoms with E-state index in [0.29, 0.717) is 17.2 Å². The predicted molar refractivity (Wildman–Crippen MR) is 67.8 cm³/mol. The summed E-state index contributed by atoms with van der Waals surface area (Å²) in [5.41, 5.74) is 2.73. The molecule has 0 bridgehead atoms. The van der Waals surface area contributed by atoms with Gasteiger partial charge in [-0.25, -0.2) is 10.8 Å². The van der Waals surface area contributed by atoms with E-state index in [1.54, 1.807) is 18.4 Å². The number of methoxy groups -OCH3 is 1. The molecule has 2 aromatic heterocycles. The average Bonchev–Trinajstić information content (AvgIpc) is 2.96. The van der Waals surface area contributed by atoms with Crippen LogP contribution in [-0.4, -0.2) is 18.0 Å². The van der Waals surface area contributed by atoms with Crippen molar-refractivity contribution in [1.29, 1.82) is 0 Å². The van der Waals surface area contributed by atoms with Crippen LogP contribution in [0.4, 0.5) is 0 Å². The molecule has 2 rings (SSSR count). The molecule has 0 spiro atoms. The minimum absolute atomic E-state index is 0.296. The van der Waals surface area contributed by atoms with E-state index in [2.05, 4.69) is 10.4 Å². The van der Waals surface area contributed by atoms with Crippen LogP contribution >= 0.6 is 22.7 Å². The number of ether oxygens (including phenoxy) is 1. The first-order valence-electron chi connectivity index (χ1n) is 4.79. The fraction of sp³-hybridized carbons (Fsp3) is 0.200. The zero-order chi connectivity index (χ0) is 12.3. The zero-order valence-corrected chi connectivity index (χ0v) is 10.7. The Hall–Kier alpha value is -1.28. The van der Waals surface area contributed by atoms with Gasteiger partial charge in [0.05, 0.1) is 17.2 Å². The zero-order valence-electron chi connectivity index (χ0n) is 9.10. The Morgan fingerprint density at radius 3 is 3.06 bits per heavy atom. The largest absolute Gasteiger partial charge is 0.378 e. The summed E-state index contributed by atoms with van der Waals surface area (Å²) in [6.07, 6.45) is 0. The van der Waals surface area contributed by atoms with Crippen molar-refractivity contribution in [2.45, 2.75) is 6.61 Å². The molecule has 0 aliphatic rings. The monoisotopic (exact) mass is 269 g/mol. The second kappa shape index (κ2) is 5.37. The fourth-order valence-corrected chi connectivity index (χ4v) is 3.10. The molecule has 0 saturated carbocycles. The van der Waals surface area contributed by atoms with E-state index in [1.165, 1.54) is 11.3 Å². The second-order valence-electron chi connectivity index (χ2n) is 3.18. The van der Waals surface area contributed by atoms with E-state index in [0.717, 1.165) is 9.88 Å². The van der Waals surface area contributed by atoms with E-state index < -0.39 is 0 Å². The number of carbonyl (C=O) groups is 1. The highest BCUT2D eigenvalue weighted by atomic mass is 32.1. The van der Waals surface area contributed by atoms with Crippen LogP contribution in [0.5, 0.6) is 0 Å². The first-order chi connectivity index (χ1) is 8.26. The van der Waals surface area contributed by atoms with Gasteiger partial charge in [-0.1, -0.05) is 6.07 Å². The lowest BCUT2D eigenvalue weighted by Crippen LogP contribution is -2.30. The summed E-state index contributed by atoms with van der Waals surface area (Å²) in [6, 6.07) is 3.91. The quantitative estimate of drug-likeness (QED) is 0.502. The van der Waals surface area contributed by atoms with E-state index in [-0.39, 0.29) is 5.91 Å². The lowest BCUT2D eigenvalue weighted by molar-refractivity contribution is 0.0952. The van der Waals surface area contributed by atoms with Gasteiger partial charge in [0.25, 0.3) is 5.91 Å². The van der Waals surface area contributed by atoms with Gasteiger partial charge in [-0.05, 0) is 11.4 Å². The van der Waals surface area contributed by atoms with Crippen molar-refractivity contribution >= 4 is 28.6 Å². The molecule has 0 fully saturated rings. The Bertz CT molecular complexity index is 508. The van der Waals surface area contributed by atoms with Gasteiger partial charge in [-0.15, -0.1) is 22.7 Å². The van der Waals surface area contributed by atoms with Crippen LogP contribution in [-0.2, 0) is 11.3 Å². The van der Waals surface area contributed by atoms with E-state index in [9.17, 15) is 4.79 Å². The number of nitrogens with one attached hydrogen (secondary N) is 1. The van der Waals surface area contributed by atoms with Crippen molar-refractivity contribution < 1.29 is 9.53 Å². The van der Waals surface area contributed by atoms with Crippen LogP contribution in [0.15, 0.2) is 17.5 Å². The van der Waals surface area contributed by atoms with Crippen LogP contribution < -0.4 is 11.3 Å². The van der Waals surface area contributed by atoms with Crippen LogP contribution in [0.3, 0.4) is 0 Å². The van der Waals surface area contributed by atoms with Crippen molar-refractivity contribution in [3.63, 3.8) is 0 Å². The molecule has 0 aromatic carbocycles. The molecule has 1 amide bonds. The lowest BCUT2D eigenvalue weighted by atomic mass is 10.3. The maximum atomic E-state index is 11.6. The van der Waals surface area contributed by atoms with E-state index in [1.807, 2.05) is 17.5 Å². The summed E-state index contributed by atoms with van der Waals surface area (Å²) in [7, 11) is 1.56. The number of thiophene rings is 1. The van der Waals surface area contributed by atoms with Crippen LogP contribution in [0, 0.1) is 0 Å². The van der Waals surface area contributed by atoms with Gasteiger partial charge in [0.15, 0.2) is 0 Å². The number of hydrazine groups is 1. The number of aromatic nitrogens is 1. The molecule has 0 radical (unpaired) electrons. The Balaban J connectivity index is 2.40. The number of amides is 1. The molecule has 0 atom stereocenters. The van der Waals surface area contributed by atoms with Crippen molar-refractivity contribution in [3.8, 4) is 9.88 Å². The molecule has 3 N–H and O–H groups in total. The molecule has 2 aromatic rings. The predicted octanol–water partition coefficient (Wildman–Crippen LogP) is 1.62. The summed E-state index contributed by atoms with van der Waals surface area (Å²) in [5.74, 6) is 4.80. The average molecular weight is 269 g/mol. The maximum Gasteiger partial charge on any atom is 0.277 e. The molecule has 7 heteroatoms. The number of nitrogens with two attached hydrogens (primary N) is 1. The van der Waals surface area contributed by atoms with Crippen LogP contribution in [0.2, 0.25) is 0 Å². The minimum Gasteiger partial charge on any atom is -0.378 e. The number of hydrogen-bond donors (Lipinski definition) is 2. The van der Waals surface area contributed by atoms with Gasteiger partial charge in [0, 0.05) is 7.11 Å². The summed E-state index contributed by atoms with van der Waals surface area (Å²) in [5, 5.41) is 2.78. The summed E-state index contributed by atoms with van der Waals surface area (Å²) >= 11 is 2.90. The number of carbonyl (C=O) groups excluding carboxylic acids is 1. The normalized spacial score (nSPS) is 10.5. The molecular weight excluding hydrogens is 258 g/mol. The SMILES string of the molecule is COCc1nc(-c2cccs2)sc1C(=O)NN. The number of nitrogen functional groups attached to an aromatic ring is 1. The minimum atomic E-state index is -0.336. The van der Waals surface area contributed by atoms with Gasteiger partial charge in [0.1, 0.15) is 9.88 Å². The number of rotatable bonds is 4. The molecule has 0 aliphatic heterocycles. The molecule has 17 heavy (non-hydrogen) atoms. The third-order valence-electron chi connectivity index (χ3n) is 2.05. The number of thiazole rings is 1. The topological polar surface area (TPSA) is 77.2 Å². The number of hydrogen-bond acceptors (Lipinski definition) is 6. The molecule has 0 saturated heterocycles. The van der Waals surface area contributed by atoms with Gasteiger partial charge in [-0.3, -0.25) is 10.2 Å². The molecule has 90 valence electrons. The van der Waals surface area contributed by atoms with Crippen LogP contribution in [0.25, 0.3) is 9.88 Å². The van der Waals surface area contributed by atoms with Gasteiger partial charge >= 0.3 is 0 Å². The van der Waals surface area contributed by atoms with Crippen molar-refractivity contribution in [2.24, 2.45) is 5.84 Å². The first kappa shape index (κ1) is 12.2. The summed E-state index contributed by atoms with van der Waals surface area (Å²) in [4.78, 5) is 17.5. The summed E-state index contributed by atoms with van der Waals surface area (Å²) in [6.45, 7) is 0.296. The van der Waals surface area contributed by atoms with Gasteiger partial charge < -0.3 is 4.74 Å². The highest BCUT2D eigenvalue weighted by molar-refractivity contribution is 7.22. The third kappa shape index (κ3) is 2.52. The van der Waals surface area contributed by atoms with E-state index in [4.69, 9.17) is 10.6 Å². The van der Waals surface area contributed by atoms with Crippen LogP contribution in [0.1, 0.15) is 15.4 Å². The Morgan fingerprint density at radius 1 is 1.65 bits per heavy atom. The molecule has 5 nitrogen and oxygen atoms in total. The fourth-order valence-electron chi connectivity index (χ4n) is 1.33. The number of nitrogens with zero attached hydrogens (tertiary/aromatic N) is 1. The Labute approximate surface area is 106 Å². The second-order valence-corrected chi connectivity index (χ2v) is 5.13. The van der Waals surface area contributed by atoms with Crippen molar-refractivity contribution in [1.82, 2.24) is 10.4 Å². The van der Waals surface area contributed by atoms with Gasteiger partial charge in [0.2, 0.25) is 0 Å².